The van der Waals surface area contributed by atoms with Gasteiger partial charge >= 0.3 is 0 Å². The van der Waals surface area contributed by atoms with Crippen molar-refractivity contribution < 1.29 is 5.11 Å². The highest BCUT2D eigenvalue weighted by Crippen LogP contribution is 2.11. The van der Waals surface area contributed by atoms with Crippen LogP contribution < -0.4 is 5.32 Å². The fourth-order valence-electron chi connectivity index (χ4n) is 0.953. The molecule has 2 N–H and O–H groups in total. The van der Waals surface area contributed by atoms with Crippen molar-refractivity contribution in [2.24, 2.45) is 5.92 Å². The summed E-state index contributed by atoms with van der Waals surface area (Å²) in [5, 5.41) is 12.7. The van der Waals surface area contributed by atoms with Gasteiger partial charge in [0, 0.05) is 24.7 Å². The van der Waals surface area contributed by atoms with Gasteiger partial charge in [0.1, 0.15) is 5.82 Å². The minimum Gasteiger partial charge on any atom is -0.396 e. The summed E-state index contributed by atoms with van der Waals surface area (Å²) in [7, 11) is 0. The molecular weight excluding hydrogens is 186 g/mol. The molecular formula is C8H15N3OS. The van der Waals surface area contributed by atoms with Crippen molar-refractivity contribution in [1.29, 1.82) is 0 Å². The molecule has 0 saturated carbocycles. The molecule has 0 fully saturated rings. The average molecular weight is 201 g/mol. The topological polar surface area (TPSA) is 58.0 Å². The minimum atomic E-state index is 0.248. The second-order valence-electron chi connectivity index (χ2n) is 3.15. The maximum atomic E-state index is 8.68. The molecule has 0 amide bonds. The molecule has 4 nitrogen and oxygen atoms in total. The smallest absolute Gasteiger partial charge is 0.202 e. The molecule has 5 heteroatoms. The van der Waals surface area contributed by atoms with Gasteiger partial charge in [-0.2, -0.15) is 4.37 Å². The molecule has 0 radical (unpaired) electrons. The van der Waals surface area contributed by atoms with Crippen molar-refractivity contribution in [3.8, 4) is 0 Å². The van der Waals surface area contributed by atoms with Gasteiger partial charge in [0.05, 0.1) is 0 Å². The first kappa shape index (κ1) is 10.4. The predicted octanol–water partition coefficient (Wildman–Crippen LogP) is 1.28. The first-order valence-corrected chi connectivity index (χ1v) is 5.14. The molecule has 0 aromatic carbocycles. The van der Waals surface area contributed by atoms with Gasteiger partial charge in [-0.25, -0.2) is 4.98 Å². The Balaban J connectivity index is 2.26. The SMILES string of the molecule is Cc1nsc(NCC(C)CCO)n1. The molecule has 1 heterocycles. The summed E-state index contributed by atoms with van der Waals surface area (Å²) in [5.41, 5.74) is 0. The number of nitrogens with one attached hydrogen (secondary N) is 1. The van der Waals surface area contributed by atoms with Crippen LogP contribution in [0.5, 0.6) is 0 Å². The number of aryl methyl sites for hydroxylation is 1. The van der Waals surface area contributed by atoms with E-state index in [2.05, 4.69) is 21.6 Å². The molecule has 1 atom stereocenters. The number of hydrogen-bond donors (Lipinski definition) is 2. The second kappa shape index (κ2) is 5.14. The van der Waals surface area contributed by atoms with Crippen LogP contribution in [0, 0.1) is 12.8 Å². The van der Waals surface area contributed by atoms with Crippen LogP contribution in [0.1, 0.15) is 19.2 Å². The Morgan fingerprint density at radius 3 is 2.92 bits per heavy atom. The molecule has 0 aliphatic rings. The van der Waals surface area contributed by atoms with Crippen molar-refractivity contribution in [2.45, 2.75) is 20.3 Å². The standard InChI is InChI=1S/C8H15N3OS/c1-6(3-4-12)5-9-8-10-7(2)11-13-8/h6,12H,3-5H2,1-2H3,(H,9,10,11). The van der Waals surface area contributed by atoms with E-state index in [1.807, 2.05) is 6.92 Å². The van der Waals surface area contributed by atoms with Crippen molar-refractivity contribution in [3.05, 3.63) is 5.82 Å². The summed E-state index contributed by atoms with van der Waals surface area (Å²) in [6.07, 6.45) is 0.824. The van der Waals surface area contributed by atoms with Crippen LogP contribution in [0.3, 0.4) is 0 Å². The number of aromatic nitrogens is 2. The Morgan fingerprint density at radius 2 is 2.38 bits per heavy atom. The molecule has 0 aliphatic heterocycles. The Kier molecular flexibility index (Phi) is 4.11. The summed E-state index contributed by atoms with van der Waals surface area (Å²) in [4.78, 5) is 4.18. The van der Waals surface area contributed by atoms with Crippen LogP contribution in [-0.4, -0.2) is 27.6 Å². The maximum absolute atomic E-state index is 8.68. The lowest BCUT2D eigenvalue weighted by molar-refractivity contribution is 0.266. The Morgan fingerprint density at radius 1 is 1.62 bits per heavy atom. The lowest BCUT2D eigenvalue weighted by Crippen LogP contribution is -2.12. The molecule has 1 aromatic rings. The number of hydrogen-bond acceptors (Lipinski definition) is 5. The molecule has 0 saturated heterocycles. The van der Waals surface area contributed by atoms with E-state index in [-0.39, 0.29) is 6.61 Å². The highest BCUT2D eigenvalue weighted by Gasteiger charge is 2.03. The lowest BCUT2D eigenvalue weighted by Gasteiger charge is -2.08. The molecule has 1 rings (SSSR count). The first-order valence-electron chi connectivity index (χ1n) is 4.37. The van der Waals surface area contributed by atoms with Crippen LogP contribution in [0.25, 0.3) is 0 Å². The van der Waals surface area contributed by atoms with Crippen LogP contribution in [0.15, 0.2) is 0 Å². The van der Waals surface area contributed by atoms with E-state index in [1.54, 1.807) is 0 Å². The van der Waals surface area contributed by atoms with Gasteiger partial charge in [0.25, 0.3) is 0 Å². The number of nitrogens with zero attached hydrogens (tertiary/aromatic N) is 2. The van der Waals surface area contributed by atoms with Gasteiger partial charge < -0.3 is 10.4 Å². The van der Waals surface area contributed by atoms with Crippen molar-refractivity contribution >= 4 is 16.7 Å². The average Bonchev–Trinajstić information content (AvgIpc) is 2.49. The number of anilines is 1. The monoisotopic (exact) mass is 201 g/mol. The number of aliphatic hydroxyl groups excluding tert-OH is 1. The Hall–Kier alpha value is -0.680. The zero-order chi connectivity index (χ0) is 9.68. The molecule has 0 aliphatic carbocycles. The van der Waals surface area contributed by atoms with E-state index in [9.17, 15) is 0 Å². The van der Waals surface area contributed by atoms with E-state index in [0.29, 0.717) is 5.92 Å². The third kappa shape index (κ3) is 3.69. The van der Waals surface area contributed by atoms with Crippen LogP contribution in [0.2, 0.25) is 0 Å². The molecule has 0 spiro atoms. The van der Waals surface area contributed by atoms with Crippen LogP contribution >= 0.6 is 11.5 Å². The van der Waals surface area contributed by atoms with Crippen LogP contribution in [0.4, 0.5) is 5.13 Å². The van der Waals surface area contributed by atoms with Gasteiger partial charge in [-0.05, 0) is 19.3 Å². The van der Waals surface area contributed by atoms with Gasteiger partial charge in [-0.1, -0.05) is 6.92 Å². The van der Waals surface area contributed by atoms with E-state index in [0.717, 1.165) is 23.9 Å². The summed E-state index contributed by atoms with van der Waals surface area (Å²) in [6.45, 7) is 5.06. The highest BCUT2D eigenvalue weighted by atomic mass is 32.1. The third-order valence-electron chi connectivity index (χ3n) is 1.75. The third-order valence-corrected chi connectivity index (χ3v) is 2.52. The second-order valence-corrected chi connectivity index (χ2v) is 3.90. The fourth-order valence-corrected chi connectivity index (χ4v) is 1.53. The van der Waals surface area contributed by atoms with E-state index < -0.39 is 0 Å². The Bertz CT molecular complexity index is 251. The largest absolute Gasteiger partial charge is 0.396 e. The molecule has 1 aromatic heterocycles. The molecule has 0 bridgehead atoms. The van der Waals surface area contributed by atoms with E-state index in [1.165, 1.54) is 11.5 Å². The lowest BCUT2D eigenvalue weighted by atomic mass is 10.1. The van der Waals surface area contributed by atoms with E-state index in [4.69, 9.17) is 5.11 Å². The highest BCUT2D eigenvalue weighted by molar-refractivity contribution is 7.09. The Labute approximate surface area is 82.2 Å². The van der Waals surface area contributed by atoms with Gasteiger partial charge in [-0.15, -0.1) is 0 Å². The summed E-state index contributed by atoms with van der Waals surface area (Å²) in [5.74, 6) is 1.27. The zero-order valence-electron chi connectivity index (χ0n) is 7.95. The van der Waals surface area contributed by atoms with Crippen molar-refractivity contribution in [3.63, 3.8) is 0 Å². The first-order chi connectivity index (χ1) is 6.22. The van der Waals surface area contributed by atoms with Gasteiger partial charge in [0.15, 0.2) is 0 Å². The summed E-state index contributed by atoms with van der Waals surface area (Å²) < 4.78 is 4.06. The van der Waals surface area contributed by atoms with Crippen molar-refractivity contribution in [1.82, 2.24) is 9.36 Å². The summed E-state index contributed by atoms with van der Waals surface area (Å²) in [6, 6.07) is 0. The molecule has 13 heavy (non-hydrogen) atoms. The van der Waals surface area contributed by atoms with Gasteiger partial charge in [0.2, 0.25) is 5.13 Å². The van der Waals surface area contributed by atoms with Crippen molar-refractivity contribution in [2.75, 3.05) is 18.5 Å². The maximum Gasteiger partial charge on any atom is 0.202 e. The summed E-state index contributed by atoms with van der Waals surface area (Å²) >= 11 is 1.37. The predicted molar refractivity (Wildman–Crippen MR) is 54.0 cm³/mol. The number of aliphatic hydroxyl groups is 1. The quantitative estimate of drug-likeness (QED) is 0.753. The number of rotatable bonds is 5. The molecule has 74 valence electrons. The fraction of sp³-hybridized carbons (Fsp3) is 0.750. The van der Waals surface area contributed by atoms with Crippen LogP contribution in [-0.2, 0) is 0 Å². The van der Waals surface area contributed by atoms with Gasteiger partial charge in [-0.3, -0.25) is 0 Å². The minimum absolute atomic E-state index is 0.248. The zero-order valence-corrected chi connectivity index (χ0v) is 8.77. The normalized spacial score (nSPS) is 12.8. The van der Waals surface area contributed by atoms with E-state index >= 15 is 0 Å². The molecule has 1 unspecified atom stereocenters.